The van der Waals surface area contributed by atoms with Crippen molar-refractivity contribution in [3.05, 3.63) is 52.5 Å². The number of carbonyl (C=O) groups excluding carboxylic acids is 3. The Morgan fingerprint density at radius 2 is 1.78 bits per heavy atom. The van der Waals surface area contributed by atoms with Gasteiger partial charge in [0.25, 0.3) is 5.91 Å². The maximum Gasteiger partial charge on any atom is 0.339 e. The van der Waals surface area contributed by atoms with Crippen LogP contribution >= 0.6 is 11.6 Å². The summed E-state index contributed by atoms with van der Waals surface area (Å²) in [4.78, 5) is 36.9. The van der Waals surface area contributed by atoms with Gasteiger partial charge in [-0.25, -0.2) is 18.0 Å². The monoisotopic (exact) mass is 482 g/mol. The molecule has 0 fully saturated rings. The smallest absolute Gasteiger partial charge is 0.339 e. The highest BCUT2D eigenvalue weighted by Gasteiger charge is 2.35. The number of amides is 1. The summed E-state index contributed by atoms with van der Waals surface area (Å²) in [6.45, 7) is -0.331. The minimum Gasteiger partial charge on any atom is -0.476 e. The topological polar surface area (TPSA) is 128 Å². The summed E-state index contributed by atoms with van der Waals surface area (Å²) in [7, 11) is -1.41. The van der Waals surface area contributed by atoms with Gasteiger partial charge in [0.05, 0.1) is 49.5 Å². The third-order valence-electron chi connectivity index (χ3n) is 4.59. The number of carbonyl (C=O) groups is 3. The molecule has 1 N–H and O–H groups in total. The average Bonchev–Trinajstić information content (AvgIpc) is 2.76. The zero-order valence-corrected chi connectivity index (χ0v) is 18.8. The molecule has 0 aliphatic carbocycles. The molecule has 2 aromatic carbocycles. The summed E-state index contributed by atoms with van der Waals surface area (Å²) in [5.41, 5.74) is 0.238. The molecular formula is C20H19ClN2O8S. The zero-order valence-electron chi connectivity index (χ0n) is 17.2. The molecule has 0 aromatic heterocycles. The van der Waals surface area contributed by atoms with E-state index in [0.29, 0.717) is 5.02 Å². The molecule has 0 saturated heterocycles. The molecule has 1 aliphatic rings. The van der Waals surface area contributed by atoms with Crippen LogP contribution in [0.5, 0.6) is 5.75 Å². The van der Waals surface area contributed by atoms with Gasteiger partial charge in [-0.2, -0.15) is 0 Å². The Kier molecular flexibility index (Phi) is 6.60. The summed E-state index contributed by atoms with van der Waals surface area (Å²) >= 11 is 5.97. The first-order valence-corrected chi connectivity index (χ1v) is 11.3. The Hall–Kier alpha value is -3.31. The van der Waals surface area contributed by atoms with E-state index in [1.165, 1.54) is 50.6 Å². The lowest BCUT2D eigenvalue weighted by Crippen LogP contribution is -2.48. The molecule has 170 valence electrons. The number of anilines is 2. The van der Waals surface area contributed by atoms with Crippen molar-refractivity contribution in [2.75, 3.05) is 36.6 Å². The maximum absolute atomic E-state index is 13.0. The van der Waals surface area contributed by atoms with Crippen LogP contribution in [0.3, 0.4) is 0 Å². The highest BCUT2D eigenvalue weighted by molar-refractivity contribution is 7.92. The van der Waals surface area contributed by atoms with E-state index >= 15 is 0 Å². The fourth-order valence-corrected chi connectivity index (χ4v) is 4.14. The highest BCUT2D eigenvalue weighted by atomic mass is 35.5. The maximum atomic E-state index is 13.0. The number of nitrogens with one attached hydrogen (secondary N) is 1. The Morgan fingerprint density at radius 1 is 1.09 bits per heavy atom. The lowest BCUT2D eigenvalue weighted by Gasteiger charge is -2.34. The molecule has 3 rings (SSSR count). The first-order valence-electron chi connectivity index (χ1n) is 9.10. The van der Waals surface area contributed by atoms with E-state index in [-0.39, 0.29) is 34.8 Å². The van der Waals surface area contributed by atoms with Crippen LogP contribution in [0, 0.1) is 0 Å². The zero-order chi connectivity index (χ0) is 23.6. The van der Waals surface area contributed by atoms with Crippen molar-refractivity contribution in [2.24, 2.45) is 0 Å². The number of hydrogen-bond donors (Lipinski definition) is 1. The van der Waals surface area contributed by atoms with Crippen molar-refractivity contribution in [1.82, 2.24) is 0 Å². The van der Waals surface area contributed by atoms with E-state index in [4.69, 9.17) is 21.1 Å². The summed E-state index contributed by atoms with van der Waals surface area (Å²) in [5, 5.41) is 2.81. The van der Waals surface area contributed by atoms with Crippen molar-refractivity contribution >= 4 is 50.8 Å². The van der Waals surface area contributed by atoms with E-state index in [9.17, 15) is 22.8 Å². The number of nitrogens with zero attached hydrogens (tertiary/aromatic N) is 1. The van der Waals surface area contributed by atoms with Crippen molar-refractivity contribution in [1.29, 1.82) is 0 Å². The second kappa shape index (κ2) is 9.05. The third-order valence-corrected chi connectivity index (χ3v) is 5.97. The number of fused-ring (bicyclic) bond motifs is 1. The van der Waals surface area contributed by atoms with Gasteiger partial charge in [-0.3, -0.25) is 9.10 Å². The van der Waals surface area contributed by atoms with E-state index in [1.54, 1.807) is 0 Å². The predicted molar refractivity (Wildman–Crippen MR) is 116 cm³/mol. The van der Waals surface area contributed by atoms with Gasteiger partial charge in [0.1, 0.15) is 5.75 Å². The summed E-state index contributed by atoms with van der Waals surface area (Å²) < 4.78 is 40.7. The molecule has 0 spiro atoms. The van der Waals surface area contributed by atoms with Gasteiger partial charge >= 0.3 is 11.9 Å². The number of ether oxygens (including phenoxy) is 3. The molecule has 12 heteroatoms. The molecular weight excluding hydrogens is 464 g/mol. The molecule has 10 nitrogen and oxygen atoms in total. The SMILES string of the molecule is COC(=O)c1ccc(C(=O)OC)c(NC(=O)[C@H]2CN(S(C)(=O)=O)c3cc(Cl)ccc3O2)c1. The second-order valence-electron chi connectivity index (χ2n) is 6.75. The van der Waals surface area contributed by atoms with Crippen LogP contribution in [0.2, 0.25) is 5.02 Å². The molecule has 1 amide bonds. The normalized spacial score (nSPS) is 15.2. The van der Waals surface area contributed by atoms with Crippen LogP contribution in [0.15, 0.2) is 36.4 Å². The molecule has 0 unspecified atom stereocenters. The van der Waals surface area contributed by atoms with Gasteiger partial charge in [0.15, 0.2) is 6.10 Å². The quantitative estimate of drug-likeness (QED) is 0.641. The average molecular weight is 483 g/mol. The Morgan fingerprint density at radius 3 is 2.41 bits per heavy atom. The van der Waals surface area contributed by atoms with Crippen molar-refractivity contribution in [3.8, 4) is 5.75 Å². The minimum absolute atomic E-state index is 0.0172. The Bertz CT molecular complexity index is 1200. The van der Waals surface area contributed by atoms with Crippen LogP contribution in [-0.2, 0) is 24.3 Å². The number of hydrogen-bond acceptors (Lipinski definition) is 8. The van der Waals surface area contributed by atoms with Crippen molar-refractivity contribution in [3.63, 3.8) is 0 Å². The summed E-state index contributed by atoms with van der Waals surface area (Å²) in [6, 6.07) is 8.26. The number of halogens is 1. The first-order chi connectivity index (χ1) is 15.0. The number of sulfonamides is 1. The first kappa shape index (κ1) is 23.4. The van der Waals surface area contributed by atoms with Gasteiger partial charge in [-0.15, -0.1) is 0 Å². The molecule has 0 saturated carbocycles. The van der Waals surface area contributed by atoms with Crippen molar-refractivity contribution in [2.45, 2.75) is 6.10 Å². The van der Waals surface area contributed by atoms with Crippen LogP contribution < -0.4 is 14.4 Å². The van der Waals surface area contributed by atoms with E-state index in [2.05, 4.69) is 10.1 Å². The molecule has 1 atom stereocenters. The predicted octanol–water partition coefficient (Wildman–Crippen LogP) is 2.08. The van der Waals surface area contributed by atoms with Crippen LogP contribution in [-0.4, -0.2) is 59.4 Å². The van der Waals surface area contributed by atoms with Crippen LogP contribution in [0.4, 0.5) is 11.4 Å². The number of methoxy groups -OCH3 is 2. The molecule has 1 aliphatic heterocycles. The summed E-state index contributed by atoms with van der Waals surface area (Å²) in [6.07, 6.45) is -0.265. The van der Waals surface area contributed by atoms with E-state index in [1.807, 2.05) is 0 Å². The minimum atomic E-state index is -3.76. The number of rotatable bonds is 5. The van der Waals surface area contributed by atoms with Gasteiger partial charge in [-0.1, -0.05) is 11.6 Å². The number of esters is 2. The van der Waals surface area contributed by atoms with E-state index in [0.717, 1.165) is 10.6 Å². The van der Waals surface area contributed by atoms with Crippen LogP contribution in [0.1, 0.15) is 20.7 Å². The van der Waals surface area contributed by atoms with Crippen LogP contribution in [0.25, 0.3) is 0 Å². The molecule has 0 radical (unpaired) electrons. The standard InChI is InChI=1S/C20H19ClN2O8S/c1-29-19(25)11-4-6-13(20(26)30-2)14(8-11)22-18(24)17-10-23(32(3,27)28)15-9-12(21)5-7-16(15)31-17/h4-9,17H,10H2,1-3H3,(H,22,24)/t17-/m1/s1. The second-order valence-corrected chi connectivity index (χ2v) is 9.09. The molecule has 32 heavy (non-hydrogen) atoms. The van der Waals surface area contributed by atoms with Gasteiger partial charge in [0, 0.05) is 5.02 Å². The molecule has 0 bridgehead atoms. The third kappa shape index (κ3) is 4.78. The lowest BCUT2D eigenvalue weighted by atomic mass is 10.1. The fourth-order valence-electron chi connectivity index (χ4n) is 3.07. The van der Waals surface area contributed by atoms with Gasteiger partial charge in [0.2, 0.25) is 10.0 Å². The van der Waals surface area contributed by atoms with E-state index < -0.39 is 34.0 Å². The lowest BCUT2D eigenvalue weighted by molar-refractivity contribution is -0.122. The Balaban J connectivity index is 1.95. The molecule has 1 heterocycles. The number of benzene rings is 2. The fraction of sp³-hybridized carbons (Fsp3) is 0.250. The summed E-state index contributed by atoms with van der Waals surface area (Å²) in [5.74, 6) is -2.03. The van der Waals surface area contributed by atoms with Crippen molar-refractivity contribution < 1.29 is 37.0 Å². The highest BCUT2D eigenvalue weighted by Crippen LogP contribution is 2.37. The largest absolute Gasteiger partial charge is 0.476 e. The molecule has 2 aromatic rings. The van der Waals surface area contributed by atoms with Gasteiger partial charge < -0.3 is 19.5 Å². The van der Waals surface area contributed by atoms with Gasteiger partial charge in [-0.05, 0) is 36.4 Å². The Labute approximate surface area is 189 Å².